The summed E-state index contributed by atoms with van der Waals surface area (Å²) < 4.78 is 37.9. The Hall–Kier alpha value is -1.38. The van der Waals surface area contributed by atoms with Crippen LogP contribution in [0.1, 0.15) is 6.42 Å². The van der Waals surface area contributed by atoms with E-state index in [2.05, 4.69) is 9.71 Å². The summed E-state index contributed by atoms with van der Waals surface area (Å²) in [5.74, 6) is 0.476. The maximum Gasteiger partial charge on any atom is 0.242 e. The van der Waals surface area contributed by atoms with Crippen molar-refractivity contribution in [1.29, 1.82) is 0 Å². The molecule has 0 radical (unpaired) electrons. The number of nitrogens with two attached hydrogens (primary N) is 1. The number of hydrogen-bond acceptors (Lipinski definition) is 4. The molecule has 6 nitrogen and oxygen atoms in total. The normalized spacial score (nSPS) is 13.7. The van der Waals surface area contributed by atoms with Crippen molar-refractivity contribution in [3.63, 3.8) is 0 Å². The SMILES string of the molecule is CS(=O)CCCNS(=O)(=O)c1c[nH]c2ccc(N)cc12. The van der Waals surface area contributed by atoms with Crippen LogP contribution in [0.2, 0.25) is 0 Å². The maximum atomic E-state index is 12.2. The second kappa shape index (κ2) is 5.94. The molecule has 0 bridgehead atoms. The van der Waals surface area contributed by atoms with E-state index < -0.39 is 20.8 Å². The van der Waals surface area contributed by atoms with Crippen molar-refractivity contribution in [3.05, 3.63) is 24.4 Å². The fourth-order valence-electron chi connectivity index (χ4n) is 1.89. The number of anilines is 1. The van der Waals surface area contributed by atoms with Crippen molar-refractivity contribution in [3.8, 4) is 0 Å². The number of aromatic nitrogens is 1. The first-order chi connectivity index (χ1) is 9.40. The summed E-state index contributed by atoms with van der Waals surface area (Å²) in [6.07, 6.45) is 3.58. The minimum absolute atomic E-state index is 0.178. The Balaban J connectivity index is 2.19. The average molecular weight is 315 g/mol. The Labute approximate surface area is 120 Å². The van der Waals surface area contributed by atoms with Crippen molar-refractivity contribution in [2.75, 3.05) is 24.3 Å². The highest BCUT2D eigenvalue weighted by Gasteiger charge is 2.18. The molecule has 1 atom stereocenters. The van der Waals surface area contributed by atoms with Crippen molar-refractivity contribution < 1.29 is 12.6 Å². The van der Waals surface area contributed by atoms with Crippen LogP contribution in [0.4, 0.5) is 5.69 Å². The van der Waals surface area contributed by atoms with Crippen LogP contribution < -0.4 is 10.5 Å². The third-order valence-corrected chi connectivity index (χ3v) is 5.22. The first-order valence-electron chi connectivity index (χ1n) is 6.06. The number of nitrogens with one attached hydrogen (secondary N) is 2. The Morgan fingerprint density at radius 3 is 2.85 bits per heavy atom. The quantitative estimate of drug-likeness (QED) is 0.541. The highest BCUT2D eigenvalue weighted by Crippen LogP contribution is 2.24. The second-order valence-corrected chi connectivity index (χ2v) is 7.78. The van der Waals surface area contributed by atoms with E-state index in [0.717, 1.165) is 0 Å². The van der Waals surface area contributed by atoms with Crippen molar-refractivity contribution >= 4 is 37.4 Å². The Morgan fingerprint density at radius 2 is 2.15 bits per heavy atom. The number of H-pyrrole nitrogens is 1. The first kappa shape index (κ1) is 15.0. The van der Waals surface area contributed by atoms with E-state index in [-0.39, 0.29) is 11.4 Å². The molecular formula is C12H17N3O3S2. The van der Waals surface area contributed by atoms with Gasteiger partial charge in [0, 0.05) is 52.1 Å². The summed E-state index contributed by atoms with van der Waals surface area (Å²) in [5.41, 5.74) is 6.91. The molecule has 2 aromatic rings. The summed E-state index contributed by atoms with van der Waals surface area (Å²) in [6, 6.07) is 5.07. The number of sulfonamides is 1. The molecule has 2 rings (SSSR count). The molecule has 1 heterocycles. The molecule has 0 saturated carbocycles. The van der Waals surface area contributed by atoms with E-state index in [0.29, 0.717) is 28.8 Å². The van der Waals surface area contributed by atoms with Crippen molar-refractivity contribution in [2.45, 2.75) is 11.3 Å². The minimum Gasteiger partial charge on any atom is -0.399 e. The van der Waals surface area contributed by atoms with Gasteiger partial charge in [0.15, 0.2) is 0 Å². The lowest BCUT2D eigenvalue weighted by Gasteiger charge is -2.05. The van der Waals surface area contributed by atoms with Gasteiger partial charge in [-0.15, -0.1) is 0 Å². The number of hydrogen-bond donors (Lipinski definition) is 3. The van der Waals surface area contributed by atoms with Gasteiger partial charge in [-0.3, -0.25) is 4.21 Å². The molecule has 1 aromatic heterocycles. The molecule has 8 heteroatoms. The lowest BCUT2D eigenvalue weighted by Crippen LogP contribution is -2.25. The van der Waals surface area contributed by atoms with Crippen molar-refractivity contribution in [1.82, 2.24) is 9.71 Å². The predicted octanol–water partition coefficient (Wildman–Crippen LogP) is 0.797. The van der Waals surface area contributed by atoms with E-state index in [4.69, 9.17) is 5.73 Å². The van der Waals surface area contributed by atoms with Gasteiger partial charge in [0.25, 0.3) is 0 Å². The Bertz CT molecular complexity index is 737. The molecular weight excluding hydrogens is 298 g/mol. The minimum atomic E-state index is -3.59. The van der Waals surface area contributed by atoms with Crippen LogP contribution in [-0.4, -0.2) is 36.2 Å². The van der Waals surface area contributed by atoms with Crippen LogP contribution in [0, 0.1) is 0 Å². The van der Waals surface area contributed by atoms with Gasteiger partial charge in [-0.2, -0.15) is 0 Å². The number of rotatable bonds is 6. The van der Waals surface area contributed by atoms with Crippen LogP contribution in [0.25, 0.3) is 10.9 Å². The molecule has 0 aliphatic rings. The monoisotopic (exact) mass is 315 g/mol. The molecule has 0 saturated heterocycles. The van der Waals surface area contributed by atoms with E-state index >= 15 is 0 Å². The van der Waals surface area contributed by atoms with Gasteiger partial charge in [-0.05, 0) is 24.6 Å². The van der Waals surface area contributed by atoms with Gasteiger partial charge >= 0.3 is 0 Å². The van der Waals surface area contributed by atoms with E-state index in [1.807, 2.05) is 0 Å². The Kier molecular flexibility index (Phi) is 4.46. The standard InChI is InChI=1S/C12H17N3O3S2/c1-19(16)6-2-5-15-20(17,18)12-8-14-11-4-3-9(13)7-10(11)12/h3-4,7-8,14-15H,2,5-6,13H2,1H3. The highest BCUT2D eigenvalue weighted by molar-refractivity contribution is 7.89. The zero-order valence-electron chi connectivity index (χ0n) is 11.0. The molecule has 110 valence electrons. The summed E-state index contributed by atoms with van der Waals surface area (Å²) in [7, 11) is -4.51. The average Bonchev–Trinajstić information content (AvgIpc) is 2.78. The zero-order chi connectivity index (χ0) is 14.8. The third kappa shape index (κ3) is 3.38. The van der Waals surface area contributed by atoms with Crippen LogP contribution in [0.3, 0.4) is 0 Å². The van der Waals surface area contributed by atoms with Crippen LogP contribution in [-0.2, 0) is 20.8 Å². The smallest absolute Gasteiger partial charge is 0.242 e. The lowest BCUT2D eigenvalue weighted by atomic mass is 10.2. The lowest BCUT2D eigenvalue weighted by molar-refractivity contribution is 0.581. The van der Waals surface area contributed by atoms with Crippen LogP contribution in [0.5, 0.6) is 0 Å². The Morgan fingerprint density at radius 1 is 1.40 bits per heavy atom. The molecule has 20 heavy (non-hydrogen) atoms. The number of benzene rings is 1. The molecule has 0 spiro atoms. The summed E-state index contributed by atoms with van der Waals surface area (Å²) in [4.78, 5) is 3.08. The molecule has 0 aliphatic heterocycles. The van der Waals surface area contributed by atoms with Crippen LogP contribution in [0.15, 0.2) is 29.3 Å². The zero-order valence-corrected chi connectivity index (χ0v) is 12.7. The topological polar surface area (TPSA) is 105 Å². The van der Waals surface area contributed by atoms with E-state index in [9.17, 15) is 12.6 Å². The summed E-state index contributed by atoms with van der Waals surface area (Å²) in [6.45, 7) is 0.261. The van der Waals surface area contributed by atoms with E-state index in [1.165, 1.54) is 6.20 Å². The molecule has 0 amide bonds. The number of nitrogen functional groups attached to an aromatic ring is 1. The maximum absolute atomic E-state index is 12.2. The fourth-order valence-corrected chi connectivity index (χ4v) is 3.69. The van der Waals surface area contributed by atoms with Gasteiger partial charge in [0.05, 0.1) is 0 Å². The van der Waals surface area contributed by atoms with Gasteiger partial charge in [-0.25, -0.2) is 13.1 Å². The van der Waals surface area contributed by atoms with Gasteiger partial charge in [0.1, 0.15) is 4.90 Å². The molecule has 0 fully saturated rings. The number of fused-ring (bicyclic) bond motifs is 1. The molecule has 1 unspecified atom stereocenters. The molecule has 4 N–H and O–H groups in total. The number of aromatic amines is 1. The fraction of sp³-hybridized carbons (Fsp3) is 0.333. The first-order valence-corrected chi connectivity index (χ1v) is 9.27. The third-order valence-electron chi connectivity index (χ3n) is 2.86. The molecule has 0 aliphatic carbocycles. The van der Waals surface area contributed by atoms with Gasteiger partial charge in [0.2, 0.25) is 10.0 Å². The van der Waals surface area contributed by atoms with Crippen molar-refractivity contribution in [2.24, 2.45) is 0 Å². The van der Waals surface area contributed by atoms with E-state index in [1.54, 1.807) is 24.5 Å². The molecule has 1 aromatic carbocycles. The second-order valence-electron chi connectivity index (χ2n) is 4.49. The summed E-state index contributed by atoms with van der Waals surface area (Å²) >= 11 is 0. The predicted molar refractivity (Wildman–Crippen MR) is 81.5 cm³/mol. The largest absolute Gasteiger partial charge is 0.399 e. The highest BCUT2D eigenvalue weighted by atomic mass is 32.2. The van der Waals surface area contributed by atoms with Gasteiger partial charge < -0.3 is 10.7 Å². The van der Waals surface area contributed by atoms with Gasteiger partial charge in [-0.1, -0.05) is 0 Å². The van der Waals surface area contributed by atoms with Crippen LogP contribution >= 0.6 is 0 Å². The summed E-state index contributed by atoms with van der Waals surface area (Å²) in [5, 5.41) is 0.566.